The maximum Gasteiger partial charge on any atom is 0.242 e. The summed E-state index contributed by atoms with van der Waals surface area (Å²) in [5, 5.41) is 13.6. The molecule has 6 heteroatoms. The number of aromatic nitrogens is 3. The van der Waals surface area contributed by atoms with E-state index in [0.717, 1.165) is 25.9 Å². The summed E-state index contributed by atoms with van der Waals surface area (Å²) in [6, 6.07) is 0.308. The first-order valence-electron chi connectivity index (χ1n) is 5.19. The highest BCUT2D eigenvalue weighted by atomic mass is 16.2. The van der Waals surface area contributed by atoms with Crippen molar-refractivity contribution in [3.8, 4) is 0 Å². The molecule has 82 valence electrons. The molecule has 15 heavy (non-hydrogen) atoms. The van der Waals surface area contributed by atoms with E-state index < -0.39 is 0 Å². The Morgan fingerprint density at radius 3 is 3.00 bits per heavy atom. The lowest BCUT2D eigenvalue weighted by molar-refractivity contribution is -0.122. The van der Waals surface area contributed by atoms with Crippen molar-refractivity contribution in [1.29, 1.82) is 0 Å². The molecule has 1 aromatic heterocycles. The lowest BCUT2D eigenvalue weighted by atomic mass is 10.1. The minimum Gasteiger partial charge on any atom is -0.352 e. The van der Waals surface area contributed by atoms with Gasteiger partial charge in [0.1, 0.15) is 6.54 Å². The van der Waals surface area contributed by atoms with Crippen LogP contribution >= 0.6 is 0 Å². The third kappa shape index (κ3) is 3.02. The van der Waals surface area contributed by atoms with Crippen LogP contribution in [0.3, 0.4) is 0 Å². The zero-order chi connectivity index (χ0) is 10.5. The topological polar surface area (TPSA) is 71.8 Å². The van der Waals surface area contributed by atoms with Gasteiger partial charge in [-0.1, -0.05) is 5.21 Å². The first kappa shape index (κ1) is 10.1. The van der Waals surface area contributed by atoms with Crippen LogP contribution in [0, 0.1) is 0 Å². The van der Waals surface area contributed by atoms with Crippen LogP contribution in [0.1, 0.15) is 12.8 Å². The van der Waals surface area contributed by atoms with Crippen molar-refractivity contribution in [2.45, 2.75) is 25.4 Å². The molecule has 0 bridgehead atoms. The highest BCUT2D eigenvalue weighted by Gasteiger charge is 2.15. The van der Waals surface area contributed by atoms with Gasteiger partial charge in [-0.05, 0) is 25.9 Å². The van der Waals surface area contributed by atoms with E-state index in [-0.39, 0.29) is 12.5 Å². The Kier molecular flexibility index (Phi) is 3.29. The second kappa shape index (κ2) is 4.88. The Balaban J connectivity index is 1.76. The van der Waals surface area contributed by atoms with Crippen LogP contribution in [-0.4, -0.2) is 40.0 Å². The lowest BCUT2D eigenvalue weighted by Crippen LogP contribution is -2.43. The van der Waals surface area contributed by atoms with Gasteiger partial charge in [0, 0.05) is 12.2 Å². The normalized spacial score (nSPS) is 17.6. The minimum atomic E-state index is 0.00685. The first-order chi connectivity index (χ1) is 7.34. The number of hydrogen-bond donors (Lipinski definition) is 2. The maximum absolute atomic E-state index is 11.6. The van der Waals surface area contributed by atoms with E-state index in [2.05, 4.69) is 20.9 Å². The Labute approximate surface area is 88.0 Å². The molecule has 2 rings (SSSR count). The molecule has 0 radical (unpaired) electrons. The monoisotopic (exact) mass is 209 g/mol. The van der Waals surface area contributed by atoms with E-state index in [1.807, 2.05) is 0 Å². The van der Waals surface area contributed by atoms with Crippen LogP contribution in [0.25, 0.3) is 0 Å². The summed E-state index contributed by atoms with van der Waals surface area (Å²) < 4.78 is 1.52. The van der Waals surface area contributed by atoms with Gasteiger partial charge in [0.2, 0.25) is 5.91 Å². The van der Waals surface area contributed by atoms with Crippen molar-refractivity contribution in [3.05, 3.63) is 12.4 Å². The molecule has 1 aliphatic heterocycles. The Hall–Kier alpha value is -1.43. The van der Waals surface area contributed by atoms with Gasteiger partial charge in [-0.15, -0.1) is 5.10 Å². The molecular weight excluding hydrogens is 194 g/mol. The van der Waals surface area contributed by atoms with E-state index in [0.29, 0.717) is 6.04 Å². The fourth-order valence-electron chi connectivity index (χ4n) is 1.70. The molecule has 0 unspecified atom stereocenters. The standard InChI is InChI=1S/C9H15N5O/c15-9(7-14-6-5-11-13-14)12-8-1-3-10-4-2-8/h5-6,8,10H,1-4,7H2,(H,12,15). The lowest BCUT2D eigenvalue weighted by Gasteiger charge is -2.23. The van der Waals surface area contributed by atoms with Gasteiger partial charge >= 0.3 is 0 Å². The average molecular weight is 209 g/mol. The fourth-order valence-corrected chi connectivity index (χ4v) is 1.70. The maximum atomic E-state index is 11.6. The Morgan fingerprint density at radius 2 is 2.33 bits per heavy atom. The van der Waals surface area contributed by atoms with Gasteiger partial charge in [0.15, 0.2) is 0 Å². The van der Waals surface area contributed by atoms with Gasteiger partial charge < -0.3 is 10.6 Å². The fraction of sp³-hybridized carbons (Fsp3) is 0.667. The molecule has 2 N–H and O–H groups in total. The summed E-state index contributed by atoms with van der Waals surface area (Å²) in [7, 11) is 0. The summed E-state index contributed by atoms with van der Waals surface area (Å²) in [6.07, 6.45) is 5.26. The van der Waals surface area contributed by atoms with Gasteiger partial charge in [0.25, 0.3) is 0 Å². The second-order valence-electron chi connectivity index (χ2n) is 3.69. The van der Waals surface area contributed by atoms with Crippen molar-refractivity contribution in [3.63, 3.8) is 0 Å². The predicted molar refractivity (Wildman–Crippen MR) is 54.1 cm³/mol. The molecule has 6 nitrogen and oxygen atoms in total. The van der Waals surface area contributed by atoms with Crippen molar-refractivity contribution in [2.75, 3.05) is 13.1 Å². The molecule has 2 heterocycles. The van der Waals surface area contributed by atoms with Gasteiger partial charge in [-0.2, -0.15) is 0 Å². The number of nitrogens with zero attached hydrogens (tertiary/aromatic N) is 3. The van der Waals surface area contributed by atoms with Crippen LogP contribution in [0.2, 0.25) is 0 Å². The summed E-state index contributed by atoms with van der Waals surface area (Å²) in [5.41, 5.74) is 0. The molecule has 1 fully saturated rings. The molecule has 0 aromatic carbocycles. The van der Waals surface area contributed by atoms with E-state index in [9.17, 15) is 4.79 Å². The summed E-state index contributed by atoms with van der Waals surface area (Å²) in [4.78, 5) is 11.6. The minimum absolute atomic E-state index is 0.00685. The number of rotatable bonds is 3. The second-order valence-corrected chi connectivity index (χ2v) is 3.69. The largest absolute Gasteiger partial charge is 0.352 e. The summed E-state index contributed by atoms with van der Waals surface area (Å²) in [6.45, 7) is 2.21. The third-order valence-electron chi connectivity index (χ3n) is 2.48. The number of carbonyl (C=O) groups excluding carboxylic acids is 1. The number of hydrogen-bond acceptors (Lipinski definition) is 4. The number of nitrogens with one attached hydrogen (secondary N) is 2. The van der Waals surface area contributed by atoms with E-state index in [1.165, 1.54) is 4.68 Å². The van der Waals surface area contributed by atoms with Crippen LogP contribution in [-0.2, 0) is 11.3 Å². The molecule has 0 atom stereocenters. The number of piperidine rings is 1. The zero-order valence-electron chi connectivity index (χ0n) is 8.52. The summed E-state index contributed by atoms with van der Waals surface area (Å²) >= 11 is 0. The smallest absolute Gasteiger partial charge is 0.242 e. The number of carbonyl (C=O) groups is 1. The van der Waals surface area contributed by atoms with Gasteiger partial charge in [0.05, 0.1) is 6.20 Å². The molecule has 0 spiro atoms. The quantitative estimate of drug-likeness (QED) is 0.680. The van der Waals surface area contributed by atoms with Crippen molar-refractivity contribution in [2.24, 2.45) is 0 Å². The number of amides is 1. The molecule has 0 saturated carbocycles. The SMILES string of the molecule is O=C(Cn1ccnn1)NC1CCNCC1. The molecule has 1 saturated heterocycles. The average Bonchev–Trinajstić information content (AvgIpc) is 2.71. The van der Waals surface area contributed by atoms with Crippen molar-refractivity contribution < 1.29 is 4.79 Å². The van der Waals surface area contributed by atoms with E-state index >= 15 is 0 Å². The van der Waals surface area contributed by atoms with Gasteiger partial charge in [-0.3, -0.25) is 4.79 Å². The van der Waals surface area contributed by atoms with Crippen LogP contribution < -0.4 is 10.6 Å². The highest BCUT2D eigenvalue weighted by Crippen LogP contribution is 2.01. The molecule has 0 aliphatic carbocycles. The van der Waals surface area contributed by atoms with Crippen molar-refractivity contribution >= 4 is 5.91 Å². The Bertz CT molecular complexity index is 304. The molecule has 1 aromatic rings. The zero-order valence-corrected chi connectivity index (χ0v) is 8.52. The van der Waals surface area contributed by atoms with Gasteiger partial charge in [-0.25, -0.2) is 4.68 Å². The Morgan fingerprint density at radius 1 is 1.53 bits per heavy atom. The van der Waals surface area contributed by atoms with Crippen LogP contribution in [0.4, 0.5) is 0 Å². The van der Waals surface area contributed by atoms with E-state index in [1.54, 1.807) is 12.4 Å². The molecular formula is C9H15N5O. The predicted octanol–water partition coefficient (Wildman–Crippen LogP) is -0.854. The van der Waals surface area contributed by atoms with E-state index in [4.69, 9.17) is 0 Å². The molecule has 1 aliphatic rings. The highest BCUT2D eigenvalue weighted by molar-refractivity contribution is 5.75. The molecule has 1 amide bonds. The van der Waals surface area contributed by atoms with Crippen molar-refractivity contribution in [1.82, 2.24) is 25.6 Å². The third-order valence-corrected chi connectivity index (χ3v) is 2.48. The van der Waals surface area contributed by atoms with Crippen LogP contribution in [0.15, 0.2) is 12.4 Å². The van der Waals surface area contributed by atoms with Crippen LogP contribution in [0.5, 0.6) is 0 Å². The summed E-state index contributed by atoms with van der Waals surface area (Å²) in [5.74, 6) is 0.00685. The first-order valence-corrected chi connectivity index (χ1v) is 5.19.